The molecule has 0 heterocycles. The van der Waals surface area contributed by atoms with Crippen LogP contribution in [0.25, 0.3) is 0 Å². The Bertz CT molecular complexity index is 284. The fourth-order valence-electron chi connectivity index (χ4n) is 3.28. The first-order chi connectivity index (χ1) is 10.7. The minimum Gasteiger partial charge on any atom is -0.0911 e. The van der Waals surface area contributed by atoms with Crippen LogP contribution in [0.4, 0.5) is 0 Å². The zero-order valence-corrected chi connectivity index (χ0v) is 16.2. The average Bonchev–Trinajstić information content (AvgIpc) is 2.50. The molecule has 0 amide bonds. The summed E-state index contributed by atoms with van der Waals surface area (Å²) in [6.07, 6.45) is 22.2. The van der Waals surface area contributed by atoms with E-state index in [1.165, 1.54) is 70.6 Å². The predicted octanol–water partition coefficient (Wildman–Crippen LogP) is 8.09. The molecule has 0 aliphatic rings. The van der Waals surface area contributed by atoms with Gasteiger partial charge in [0.2, 0.25) is 0 Å². The smallest absolute Gasteiger partial charge is 0.00233 e. The van der Waals surface area contributed by atoms with E-state index in [0.717, 1.165) is 5.92 Å². The Morgan fingerprint density at radius 1 is 0.818 bits per heavy atom. The molecule has 0 aliphatic heterocycles. The van der Waals surface area contributed by atoms with E-state index in [4.69, 9.17) is 0 Å². The van der Waals surface area contributed by atoms with Crippen LogP contribution < -0.4 is 0 Å². The SMILES string of the molecule is CC=CC(CCCCCCC)C(=CC(C)CCC)CCCC. The van der Waals surface area contributed by atoms with Gasteiger partial charge in [-0.05, 0) is 44.4 Å². The second kappa shape index (κ2) is 15.4. The van der Waals surface area contributed by atoms with Gasteiger partial charge < -0.3 is 0 Å². The Balaban J connectivity index is 4.67. The highest BCUT2D eigenvalue weighted by Gasteiger charge is 2.12. The van der Waals surface area contributed by atoms with Crippen LogP contribution >= 0.6 is 0 Å². The van der Waals surface area contributed by atoms with Gasteiger partial charge >= 0.3 is 0 Å². The second-order valence-corrected chi connectivity index (χ2v) is 6.95. The summed E-state index contributed by atoms with van der Waals surface area (Å²) in [5.74, 6) is 1.43. The van der Waals surface area contributed by atoms with Crippen molar-refractivity contribution in [1.29, 1.82) is 0 Å². The molecule has 2 atom stereocenters. The molecule has 0 radical (unpaired) electrons. The van der Waals surface area contributed by atoms with Crippen molar-refractivity contribution in [2.24, 2.45) is 11.8 Å². The molecule has 2 unspecified atom stereocenters. The highest BCUT2D eigenvalue weighted by molar-refractivity contribution is 5.14. The van der Waals surface area contributed by atoms with Crippen molar-refractivity contribution < 1.29 is 0 Å². The normalized spacial score (nSPS) is 15.4. The zero-order valence-electron chi connectivity index (χ0n) is 16.2. The van der Waals surface area contributed by atoms with Gasteiger partial charge in [0.25, 0.3) is 0 Å². The molecular formula is C22H42. The van der Waals surface area contributed by atoms with E-state index in [1.807, 2.05) is 0 Å². The van der Waals surface area contributed by atoms with Crippen LogP contribution in [0.5, 0.6) is 0 Å². The van der Waals surface area contributed by atoms with Gasteiger partial charge in [0, 0.05) is 0 Å². The molecule has 0 saturated carbocycles. The van der Waals surface area contributed by atoms with E-state index in [-0.39, 0.29) is 0 Å². The lowest BCUT2D eigenvalue weighted by molar-refractivity contribution is 0.538. The van der Waals surface area contributed by atoms with Crippen molar-refractivity contribution >= 4 is 0 Å². The van der Waals surface area contributed by atoms with Crippen LogP contribution in [0.1, 0.15) is 105 Å². The molecule has 0 aromatic carbocycles. The van der Waals surface area contributed by atoms with Crippen molar-refractivity contribution in [2.75, 3.05) is 0 Å². The highest BCUT2D eigenvalue weighted by atomic mass is 14.2. The van der Waals surface area contributed by atoms with Gasteiger partial charge in [0.15, 0.2) is 0 Å². The van der Waals surface area contributed by atoms with E-state index in [0.29, 0.717) is 5.92 Å². The maximum absolute atomic E-state index is 2.61. The minimum absolute atomic E-state index is 0.692. The molecule has 0 N–H and O–H groups in total. The Kier molecular flexibility index (Phi) is 15.0. The van der Waals surface area contributed by atoms with Crippen molar-refractivity contribution in [3.63, 3.8) is 0 Å². The van der Waals surface area contributed by atoms with Crippen LogP contribution in [-0.2, 0) is 0 Å². The van der Waals surface area contributed by atoms with Gasteiger partial charge in [0.05, 0.1) is 0 Å². The molecule has 0 spiro atoms. The Morgan fingerprint density at radius 2 is 1.50 bits per heavy atom. The molecule has 0 saturated heterocycles. The molecule has 0 rings (SSSR count). The first kappa shape index (κ1) is 21.5. The van der Waals surface area contributed by atoms with Crippen LogP contribution in [0.2, 0.25) is 0 Å². The highest BCUT2D eigenvalue weighted by Crippen LogP contribution is 2.27. The van der Waals surface area contributed by atoms with E-state index >= 15 is 0 Å². The zero-order chi connectivity index (χ0) is 16.6. The predicted molar refractivity (Wildman–Crippen MR) is 103 cm³/mol. The lowest BCUT2D eigenvalue weighted by Crippen LogP contribution is -2.05. The van der Waals surface area contributed by atoms with E-state index < -0.39 is 0 Å². The first-order valence-electron chi connectivity index (χ1n) is 10.0. The fourth-order valence-corrected chi connectivity index (χ4v) is 3.28. The largest absolute Gasteiger partial charge is 0.0911 e. The average molecular weight is 307 g/mol. The minimum atomic E-state index is 0.692. The quantitative estimate of drug-likeness (QED) is 0.225. The van der Waals surface area contributed by atoms with E-state index in [1.54, 1.807) is 5.57 Å². The maximum Gasteiger partial charge on any atom is -0.00233 e. The third-order valence-electron chi connectivity index (χ3n) is 4.58. The second-order valence-electron chi connectivity index (χ2n) is 6.95. The van der Waals surface area contributed by atoms with Crippen molar-refractivity contribution in [3.8, 4) is 0 Å². The Hall–Kier alpha value is -0.520. The standard InChI is InChI=1S/C22H42/c1-6-10-12-13-14-18-21(16-9-4)22(17-11-7-2)19-20(5)15-8-3/h9,16,19-21H,6-8,10-15,17-18H2,1-5H3. The van der Waals surface area contributed by atoms with Crippen LogP contribution in [0.15, 0.2) is 23.8 Å². The summed E-state index contributed by atoms with van der Waals surface area (Å²) in [6.45, 7) is 11.5. The summed E-state index contributed by atoms with van der Waals surface area (Å²) < 4.78 is 0. The lowest BCUT2D eigenvalue weighted by Gasteiger charge is -2.19. The Labute approximate surface area is 141 Å². The monoisotopic (exact) mass is 306 g/mol. The topological polar surface area (TPSA) is 0 Å². The summed E-state index contributed by atoms with van der Waals surface area (Å²) >= 11 is 0. The maximum atomic E-state index is 2.61. The summed E-state index contributed by atoms with van der Waals surface area (Å²) in [7, 11) is 0. The van der Waals surface area contributed by atoms with E-state index in [2.05, 4.69) is 52.8 Å². The van der Waals surface area contributed by atoms with Crippen LogP contribution in [0, 0.1) is 11.8 Å². The van der Waals surface area contributed by atoms with Gasteiger partial charge in [0.1, 0.15) is 0 Å². The van der Waals surface area contributed by atoms with Crippen LogP contribution in [-0.4, -0.2) is 0 Å². The lowest BCUT2D eigenvalue weighted by atomic mass is 9.86. The van der Waals surface area contributed by atoms with Gasteiger partial charge in [-0.15, -0.1) is 0 Å². The fraction of sp³-hybridized carbons (Fsp3) is 0.818. The molecule has 0 bridgehead atoms. The number of rotatable bonds is 14. The number of hydrogen-bond acceptors (Lipinski definition) is 0. The third-order valence-corrected chi connectivity index (χ3v) is 4.58. The summed E-state index contributed by atoms with van der Waals surface area (Å²) in [4.78, 5) is 0. The molecule has 130 valence electrons. The molecule has 0 aromatic heterocycles. The van der Waals surface area contributed by atoms with Gasteiger partial charge in [-0.3, -0.25) is 0 Å². The molecule has 0 heteroatoms. The summed E-state index contributed by atoms with van der Waals surface area (Å²) in [5, 5.41) is 0. The molecule has 0 nitrogen and oxygen atoms in total. The number of allylic oxidation sites excluding steroid dienone is 4. The number of unbranched alkanes of at least 4 members (excludes halogenated alkanes) is 5. The van der Waals surface area contributed by atoms with Crippen molar-refractivity contribution in [2.45, 2.75) is 105 Å². The molecule has 22 heavy (non-hydrogen) atoms. The van der Waals surface area contributed by atoms with Crippen molar-refractivity contribution in [3.05, 3.63) is 23.8 Å². The molecule has 0 aromatic rings. The molecule has 0 aliphatic carbocycles. The third kappa shape index (κ3) is 11.1. The Morgan fingerprint density at radius 3 is 2.09 bits per heavy atom. The summed E-state index contributed by atoms with van der Waals surface area (Å²) in [5.41, 5.74) is 1.72. The molecular weight excluding hydrogens is 264 g/mol. The van der Waals surface area contributed by atoms with Gasteiger partial charge in [-0.2, -0.15) is 0 Å². The van der Waals surface area contributed by atoms with E-state index in [9.17, 15) is 0 Å². The van der Waals surface area contributed by atoms with Gasteiger partial charge in [-0.1, -0.05) is 96.4 Å². The first-order valence-corrected chi connectivity index (χ1v) is 10.0. The van der Waals surface area contributed by atoms with Gasteiger partial charge in [-0.25, -0.2) is 0 Å². The van der Waals surface area contributed by atoms with Crippen molar-refractivity contribution in [1.82, 2.24) is 0 Å². The van der Waals surface area contributed by atoms with Crippen LogP contribution in [0.3, 0.4) is 0 Å². The number of hydrogen-bond donors (Lipinski definition) is 0. The molecule has 0 fully saturated rings. The summed E-state index contributed by atoms with van der Waals surface area (Å²) in [6, 6.07) is 0.